The highest BCUT2D eigenvalue weighted by atomic mass is 19.1. The first-order chi connectivity index (χ1) is 17.4. The number of amides is 1. The monoisotopic (exact) mass is 488 g/mol. The van der Waals surface area contributed by atoms with Crippen LogP contribution in [-0.2, 0) is 11.3 Å². The number of aryl methyl sites for hydroxylation is 1. The molecular weight excluding hydrogens is 463 g/mol. The van der Waals surface area contributed by atoms with Gasteiger partial charge < -0.3 is 15.4 Å². The molecule has 0 aliphatic heterocycles. The Morgan fingerprint density at radius 1 is 1.31 bits per heavy atom. The van der Waals surface area contributed by atoms with Gasteiger partial charge >= 0.3 is 6.09 Å². The number of carbonyl (C=O) groups excluding carboxylic acids is 1. The Hall–Kier alpha value is -4.51. The van der Waals surface area contributed by atoms with E-state index in [9.17, 15) is 9.18 Å². The second-order valence-electron chi connectivity index (χ2n) is 8.60. The highest BCUT2D eigenvalue weighted by molar-refractivity contribution is 5.91. The second-order valence-corrected chi connectivity index (χ2v) is 8.60. The fourth-order valence-corrected chi connectivity index (χ4v) is 4.02. The van der Waals surface area contributed by atoms with Gasteiger partial charge in [0, 0.05) is 29.2 Å². The van der Waals surface area contributed by atoms with Crippen molar-refractivity contribution in [2.24, 2.45) is 5.73 Å². The van der Waals surface area contributed by atoms with Gasteiger partial charge in [-0.05, 0) is 49.7 Å². The number of H-pyrrole nitrogens is 1. The minimum atomic E-state index is -0.608. The predicted molar refractivity (Wildman–Crippen MR) is 135 cm³/mol. The summed E-state index contributed by atoms with van der Waals surface area (Å²) in [5.74, 6) is 0.271. The number of nitrogens with zero attached hydrogens (tertiary/aromatic N) is 5. The van der Waals surface area contributed by atoms with Crippen LogP contribution in [0.25, 0.3) is 16.4 Å². The van der Waals surface area contributed by atoms with Crippen molar-refractivity contribution in [3.63, 3.8) is 0 Å². The van der Waals surface area contributed by atoms with Gasteiger partial charge in [-0.3, -0.25) is 10.4 Å². The van der Waals surface area contributed by atoms with E-state index in [1.165, 1.54) is 18.5 Å². The SMILES string of the molecule is Cc1c(NC(=O)OC[C@@H](C)N)cn2ncnc(N(Cc3cccc(F)c3)c3ccc4[nH]ncc4c3)c12. The van der Waals surface area contributed by atoms with Crippen LogP contribution in [0.1, 0.15) is 18.1 Å². The van der Waals surface area contributed by atoms with Crippen molar-refractivity contribution in [3.8, 4) is 0 Å². The standard InChI is InChI=1S/C25H25FN8O2/c1-15(27)13-36-25(35)31-22-12-34-23(16(22)2)24(28-14-30-34)33(11-17-4-3-5-19(26)8-17)20-6-7-21-18(9-20)10-29-32-21/h3-10,12,14-15H,11,13,27H2,1-2H3,(H,29,32)(H,31,35)/t15-/m1/s1. The number of halogens is 1. The Kier molecular flexibility index (Phi) is 6.21. The van der Waals surface area contributed by atoms with Crippen LogP contribution in [0.2, 0.25) is 0 Å². The lowest BCUT2D eigenvalue weighted by Gasteiger charge is -2.25. The molecule has 4 N–H and O–H groups in total. The van der Waals surface area contributed by atoms with Crippen molar-refractivity contribution in [2.45, 2.75) is 26.4 Å². The van der Waals surface area contributed by atoms with E-state index in [1.54, 1.807) is 29.9 Å². The average molecular weight is 489 g/mol. The highest BCUT2D eigenvalue weighted by Gasteiger charge is 2.21. The summed E-state index contributed by atoms with van der Waals surface area (Å²) in [6, 6.07) is 12.0. The molecule has 184 valence electrons. The fourth-order valence-electron chi connectivity index (χ4n) is 4.02. The summed E-state index contributed by atoms with van der Waals surface area (Å²) in [4.78, 5) is 18.8. The summed E-state index contributed by atoms with van der Waals surface area (Å²) in [5, 5.41) is 15.1. The van der Waals surface area contributed by atoms with Crippen molar-refractivity contribution < 1.29 is 13.9 Å². The van der Waals surface area contributed by atoms with E-state index in [2.05, 4.69) is 25.6 Å². The first-order valence-electron chi connectivity index (χ1n) is 11.4. The molecule has 0 fully saturated rings. The van der Waals surface area contributed by atoms with E-state index in [0.29, 0.717) is 23.6 Å². The Labute approximate surface area is 205 Å². The third-order valence-corrected chi connectivity index (χ3v) is 5.74. The molecule has 3 aromatic heterocycles. The average Bonchev–Trinajstić information content (AvgIpc) is 3.45. The molecule has 0 aliphatic carbocycles. The molecule has 0 unspecified atom stereocenters. The van der Waals surface area contributed by atoms with Gasteiger partial charge in [0.15, 0.2) is 5.82 Å². The van der Waals surface area contributed by atoms with Crippen LogP contribution in [0.15, 0.2) is 61.2 Å². The fraction of sp³-hybridized carbons (Fsp3) is 0.200. The first kappa shape index (κ1) is 23.2. The number of rotatable bonds is 7. The van der Waals surface area contributed by atoms with Crippen LogP contribution in [-0.4, -0.2) is 43.5 Å². The zero-order valence-corrected chi connectivity index (χ0v) is 19.8. The minimum absolute atomic E-state index is 0.0984. The van der Waals surface area contributed by atoms with Gasteiger partial charge in [-0.1, -0.05) is 12.1 Å². The lowest BCUT2D eigenvalue weighted by Crippen LogP contribution is -2.26. The zero-order chi connectivity index (χ0) is 25.2. The second kappa shape index (κ2) is 9.62. The maximum atomic E-state index is 14.0. The molecule has 5 rings (SSSR count). The molecule has 0 saturated heterocycles. The lowest BCUT2D eigenvalue weighted by molar-refractivity contribution is 0.156. The molecule has 10 nitrogen and oxygen atoms in total. The third kappa shape index (κ3) is 4.68. The summed E-state index contributed by atoms with van der Waals surface area (Å²) in [6.07, 6.45) is 4.27. The number of nitrogens with two attached hydrogens (primary N) is 1. The quantitative estimate of drug-likeness (QED) is 0.312. The normalized spacial score (nSPS) is 12.1. The first-order valence-corrected chi connectivity index (χ1v) is 11.4. The summed E-state index contributed by atoms with van der Waals surface area (Å²) < 4.78 is 20.8. The molecule has 1 atom stereocenters. The number of anilines is 3. The van der Waals surface area contributed by atoms with E-state index in [1.807, 2.05) is 36.1 Å². The maximum Gasteiger partial charge on any atom is 0.411 e. The summed E-state index contributed by atoms with van der Waals surface area (Å²) in [7, 11) is 0. The summed E-state index contributed by atoms with van der Waals surface area (Å²) in [5.41, 5.74) is 10.1. The van der Waals surface area contributed by atoms with E-state index < -0.39 is 6.09 Å². The van der Waals surface area contributed by atoms with E-state index >= 15 is 0 Å². The minimum Gasteiger partial charge on any atom is -0.448 e. The van der Waals surface area contributed by atoms with Crippen LogP contribution in [0.4, 0.5) is 26.4 Å². The van der Waals surface area contributed by atoms with E-state index in [4.69, 9.17) is 10.5 Å². The third-order valence-electron chi connectivity index (χ3n) is 5.74. The molecule has 0 bridgehead atoms. The number of carbonyl (C=O) groups is 1. The molecule has 5 aromatic rings. The number of nitrogens with one attached hydrogen (secondary N) is 2. The molecule has 0 radical (unpaired) electrons. The molecule has 11 heteroatoms. The highest BCUT2D eigenvalue weighted by Crippen LogP contribution is 2.35. The number of hydrogen-bond donors (Lipinski definition) is 3. The lowest BCUT2D eigenvalue weighted by atomic mass is 10.1. The van der Waals surface area contributed by atoms with Gasteiger partial charge in [-0.2, -0.15) is 10.2 Å². The largest absolute Gasteiger partial charge is 0.448 e. The number of benzene rings is 2. The molecule has 36 heavy (non-hydrogen) atoms. The number of hydrogen-bond acceptors (Lipinski definition) is 7. The van der Waals surface area contributed by atoms with Crippen LogP contribution in [0.5, 0.6) is 0 Å². The Balaban J connectivity index is 1.59. The van der Waals surface area contributed by atoms with Gasteiger partial charge in [0.1, 0.15) is 24.3 Å². The Bertz CT molecular complexity index is 1540. The molecular formula is C25H25FN8O2. The number of aromatic amines is 1. The van der Waals surface area contributed by atoms with Gasteiger partial charge in [-0.15, -0.1) is 0 Å². The summed E-state index contributed by atoms with van der Waals surface area (Å²) in [6.45, 7) is 4.06. The summed E-state index contributed by atoms with van der Waals surface area (Å²) >= 11 is 0. The molecule has 0 aliphatic rings. The van der Waals surface area contributed by atoms with Crippen LogP contribution in [0.3, 0.4) is 0 Å². The molecule has 0 spiro atoms. The van der Waals surface area contributed by atoms with Crippen molar-refractivity contribution in [1.82, 2.24) is 24.8 Å². The number of ether oxygens (including phenoxy) is 1. The Morgan fingerprint density at radius 3 is 2.97 bits per heavy atom. The number of fused-ring (bicyclic) bond motifs is 2. The van der Waals surface area contributed by atoms with E-state index in [0.717, 1.165) is 27.7 Å². The van der Waals surface area contributed by atoms with Crippen molar-refractivity contribution >= 4 is 39.7 Å². The topological polar surface area (TPSA) is 126 Å². The van der Waals surface area contributed by atoms with Crippen molar-refractivity contribution in [2.75, 3.05) is 16.8 Å². The zero-order valence-electron chi connectivity index (χ0n) is 19.8. The van der Waals surface area contributed by atoms with Gasteiger partial charge in [0.2, 0.25) is 0 Å². The van der Waals surface area contributed by atoms with Gasteiger partial charge in [0.05, 0.1) is 23.6 Å². The smallest absolute Gasteiger partial charge is 0.411 e. The molecule has 3 heterocycles. The molecule has 0 saturated carbocycles. The predicted octanol–water partition coefficient (Wildman–Crippen LogP) is 4.29. The van der Waals surface area contributed by atoms with E-state index in [-0.39, 0.29) is 18.5 Å². The van der Waals surface area contributed by atoms with Gasteiger partial charge in [-0.25, -0.2) is 18.7 Å². The van der Waals surface area contributed by atoms with Crippen molar-refractivity contribution in [1.29, 1.82) is 0 Å². The number of aromatic nitrogens is 5. The van der Waals surface area contributed by atoms with Gasteiger partial charge in [0.25, 0.3) is 0 Å². The molecule has 1 amide bonds. The maximum absolute atomic E-state index is 14.0. The van der Waals surface area contributed by atoms with Crippen LogP contribution < -0.4 is 16.0 Å². The Morgan fingerprint density at radius 2 is 2.17 bits per heavy atom. The van der Waals surface area contributed by atoms with Crippen LogP contribution >= 0.6 is 0 Å². The van der Waals surface area contributed by atoms with Crippen molar-refractivity contribution in [3.05, 3.63) is 78.1 Å². The molecule has 2 aromatic carbocycles. The van der Waals surface area contributed by atoms with Crippen LogP contribution in [0, 0.1) is 12.7 Å².